The van der Waals surface area contributed by atoms with E-state index in [1.54, 1.807) is 30.5 Å². The van der Waals surface area contributed by atoms with Gasteiger partial charge in [0.2, 0.25) is 0 Å². The lowest BCUT2D eigenvalue weighted by Gasteiger charge is -2.12. The van der Waals surface area contributed by atoms with Gasteiger partial charge in [0.25, 0.3) is 5.56 Å². The summed E-state index contributed by atoms with van der Waals surface area (Å²) in [6, 6.07) is 21.7. The second kappa shape index (κ2) is 9.78. The first-order chi connectivity index (χ1) is 18.2. The van der Waals surface area contributed by atoms with Gasteiger partial charge in [-0.25, -0.2) is 4.98 Å². The molecule has 0 aliphatic carbocycles. The molecule has 0 radical (unpaired) electrons. The summed E-state index contributed by atoms with van der Waals surface area (Å²) in [7, 11) is 0. The fourth-order valence-electron chi connectivity index (χ4n) is 4.57. The van der Waals surface area contributed by atoms with Gasteiger partial charge in [-0.1, -0.05) is 43.3 Å². The van der Waals surface area contributed by atoms with E-state index < -0.39 is 17.3 Å². The molecule has 8 heteroatoms. The summed E-state index contributed by atoms with van der Waals surface area (Å²) in [5.41, 5.74) is 4.14. The first-order valence-corrected chi connectivity index (χ1v) is 12.2. The minimum Gasteiger partial charge on any atom is -0.318 e. The molecular formula is C30H25F3N4O. The Labute approximate surface area is 217 Å². The summed E-state index contributed by atoms with van der Waals surface area (Å²) in [5.74, 6) is 0.0278. The topological polar surface area (TPSA) is 52.2 Å². The van der Waals surface area contributed by atoms with Crippen LogP contribution in [-0.2, 0) is 12.6 Å². The number of hydrogen-bond acceptors (Lipinski definition) is 3. The predicted octanol–water partition coefficient (Wildman–Crippen LogP) is 6.93. The number of fused-ring (bicyclic) bond motifs is 1. The van der Waals surface area contributed by atoms with Crippen molar-refractivity contribution in [3.05, 3.63) is 117 Å². The van der Waals surface area contributed by atoms with Gasteiger partial charge in [-0.05, 0) is 68.3 Å². The summed E-state index contributed by atoms with van der Waals surface area (Å²) < 4.78 is 43.5. The number of para-hydroxylation sites is 1. The highest BCUT2D eigenvalue weighted by atomic mass is 19.4. The predicted molar refractivity (Wildman–Crippen MR) is 144 cm³/mol. The molecule has 5 nitrogen and oxygen atoms in total. The van der Waals surface area contributed by atoms with Gasteiger partial charge < -0.3 is 4.57 Å². The number of halogens is 3. The lowest BCUT2D eigenvalue weighted by atomic mass is 10.1. The number of alkyl halides is 3. The van der Waals surface area contributed by atoms with Crippen LogP contribution >= 0.6 is 0 Å². The molecular weight excluding hydrogens is 489 g/mol. The van der Waals surface area contributed by atoms with Crippen LogP contribution in [0.4, 0.5) is 13.2 Å². The van der Waals surface area contributed by atoms with Crippen LogP contribution in [0.15, 0.2) is 88.8 Å². The third-order valence-electron chi connectivity index (χ3n) is 6.59. The third-order valence-corrected chi connectivity index (χ3v) is 6.59. The number of aryl methyl sites for hydroxylation is 2. The molecule has 5 rings (SSSR count). The fourth-order valence-corrected chi connectivity index (χ4v) is 4.57. The van der Waals surface area contributed by atoms with Crippen molar-refractivity contribution < 1.29 is 13.2 Å². The Morgan fingerprint density at radius 3 is 2.39 bits per heavy atom. The molecule has 0 fully saturated rings. The molecule has 0 saturated carbocycles. The van der Waals surface area contributed by atoms with E-state index in [2.05, 4.69) is 45.8 Å². The van der Waals surface area contributed by atoms with E-state index in [0.29, 0.717) is 10.9 Å². The molecule has 192 valence electrons. The highest BCUT2D eigenvalue weighted by Crippen LogP contribution is 2.32. The monoisotopic (exact) mass is 514 g/mol. The van der Waals surface area contributed by atoms with Crippen LogP contribution in [0.1, 0.15) is 35.0 Å². The van der Waals surface area contributed by atoms with Crippen LogP contribution in [0, 0.1) is 13.8 Å². The van der Waals surface area contributed by atoms with Crippen molar-refractivity contribution in [2.45, 2.75) is 33.4 Å². The van der Waals surface area contributed by atoms with Gasteiger partial charge in [0.15, 0.2) is 5.82 Å². The molecule has 38 heavy (non-hydrogen) atoms. The van der Waals surface area contributed by atoms with Crippen molar-refractivity contribution in [3.63, 3.8) is 0 Å². The highest BCUT2D eigenvalue weighted by Gasteiger charge is 2.31. The second-order valence-electron chi connectivity index (χ2n) is 9.07. The smallest absolute Gasteiger partial charge is 0.318 e. The first kappa shape index (κ1) is 25.2. The number of aromatic nitrogens is 3. The Kier molecular flexibility index (Phi) is 6.48. The molecule has 5 aromatic rings. The van der Waals surface area contributed by atoms with Gasteiger partial charge in [0.1, 0.15) is 0 Å². The molecule has 0 aliphatic heterocycles. The number of benzene rings is 3. The zero-order chi connectivity index (χ0) is 27.0. The van der Waals surface area contributed by atoms with E-state index in [0.717, 1.165) is 45.9 Å². The van der Waals surface area contributed by atoms with Crippen LogP contribution in [0.25, 0.3) is 28.0 Å². The maximum absolute atomic E-state index is 13.4. The van der Waals surface area contributed by atoms with Crippen molar-refractivity contribution in [2.75, 3.05) is 0 Å². The van der Waals surface area contributed by atoms with Crippen molar-refractivity contribution in [1.82, 2.24) is 14.2 Å². The van der Waals surface area contributed by atoms with Crippen molar-refractivity contribution in [3.8, 4) is 17.1 Å². The van der Waals surface area contributed by atoms with Crippen LogP contribution in [-0.4, -0.2) is 20.4 Å². The summed E-state index contributed by atoms with van der Waals surface area (Å²) in [5, 5.41) is 4.77. The fraction of sp³-hybridized carbons (Fsp3) is 0.167. The Balaban J connectivity index is 1.64. The largest absolute Gasteiger partial charge is 0.416 e. The van der Waals surface area contributed by atoms with Crippen molar-refractivity contribution in [2.24, 2.45) is 5.10 Å². The number of hydrogen-bond donors (Lipinski definition) is 0. The molecule has 0 saturated heterocycles. The molecule has 0 atom stereocenters. The Bertz CT molecular complexity index is 1730. The Hall–Kier alpha value is -4.46. The van der Waals surface area contributed by atoms with Gasteiger partial charge in [0.05, 0.1) is 22.7 Å². The molecule has 2 aromatic heterocycles. The second-order valence-corrected chi connectivity index (χ2v) is 9.07. The van der Waals surface area contributed by atoms with Crippen molar-refractivity contribution in [1.29, 1.82) is 0 Å². The van der Waals surface area contributed by atoms with Gasteiger partial charge >= 0.3 is 6.18 Å². The van der Waals surface area contributed by atoms with Crippen LogP contribution in [0.3, 0.4) is 0 Å². The zero-order valence-electron chi connectivity index (χ0n) is 21.1. The first-order valence-electron chi connectivity index (χ1n) is 12.2. The van der Waals surface area contributed by atoms with Gasteiger partial charge in [-0.15, -0.1) is 0 Å². The summed E-state index contributed by atoms with van der Waals surface area (Å²) in [6.07, 6.45) is -2.03. The third kappa shape index (κ3) is 4.65. The summed E-state index contributed by atoms with van der Waals surface area (Å²) in [4.78, 5) is 18.0. The molecule has 0 N–H and O–H groups in total. The Morgan fingerprint density at radius 1 is 0.947 bits per heavy atom. The lowest BCUT2D eigenvalue weighted by molar-refractivity contribution is -0.137. The number of nitrogens with zero attached hydrogens (tertiary/aromatic N) is 4. The molecule has 0 spiro atoms. The minimum atomic E-state index is -4.53. The van der Waals surface area contributed by atoms with E-state index >= 15 is 0 Å². The molecule has 0 aliphatic rings. The molecule has 0 amide bonds. The minimum absolute atomic E-state index is 0.0278. The molecule has 2 heterocycles. The van der Waals surface area contributed by atoms with Gasteiger partial charge in [-0.2, -0.15) is 22.9 Å². The van der Waals surface area contributed by atoms with Crippen LogP contribution in [0.5, 0.6) is 0 Å². The standard InChI is InChI=1S/C30H25F3N4O/c1-4-21-12-14-25(15-13-21)36-19(2)16-23(20(36)3)18-34-37-28(22-8-7-9-24(17-22)30(31,32)33)35-27-11-6-5-10-26(27)29(37)38/h5-18H,4H2,1-3H3. The quantitative estimate of drug-likeness (QED) is 0.239. The highest BCUT2D eigenvalue weighted by molar-refractivity contribution is 5.83. The zero-order valence-corrected chi connectivity index (χ0v) is 21.1. The lowest BCUT2D eigenvalue weighted by Crippen LogP contribution is -2.20. The molecule has 3 aromatic carbocycles. The SMILES string of the molecule is CCc1ccc(-n2c(C)cc(C=Nn3c(-c4cccc(C(F)(F)F)c4)nc4ccccc4c3=O)c2C)cc1. The van der Waals surface area contributed by atoms with Crippen LogP contribution in [0.2, 0.25) is 0 Å². The van der Waals surface area contributed by atoms with E-state index in [-0.39, 0.29) is 11.4 Å². The van der Waals surface area contributed by atoms with E-state index in [4.69, 9.17) is 0 Å². The maximum Gasteiger partial charge on any atom is 0.416 e. The average Bonchev–Trinajstić information content (AvgIpc) is 3.20. The number of rotatable bonds is 5. The summed E-state index contributed by atoms with van der Waals surface area (Å²) >= 11 is 0. The summed E-state index contributed by atoms with van der Waals surface area (Å²) in [6.45, 7) is 6.04. The maximum atomic E-state index is 13.4. The molecule has 0 bridgehead atoms. The van der Waals surface area contributed by atoms with Crippen LogP contribution < -0.4 is 5.56 Å². The van der Waals surface area contributed by atoms with Crippen molar-refractivity contribution >= 4 is 17.1 Å². The van der Waals surface area contributed by atoms with E-state index in [1.165, 1.54) is 17.7 Å². The van der Waals surface area contributed by atoms with E-state index in [9.17, 15) is 18.0 Å². The Morgan fingerprint density at radius 2 is 1.68 bits per heavy atom. The van der Waals surface area contributed by atoms with Gasteiger partial charge in [0, 0.05) is 28.2 Å². The molecule has 0 unspecified atom stereocenters. The van der Waals surface area contributed by atoms with E-state index in [1.807, 2.05) is 19.9 Å². The van der Waals surface area contributed by atoms with Gasteiger partial charge in [-0.3, -0.25) is 4.79 Å². The normalized spacial score (nSPS) is 12.1. The average molecular weight is 515 g/mol.